The summed E-state index contributed by atoms with van der Waals surface area (Å²) in [5, 5.41) is 4.83. The highest BCUT2D eigenvalue weighted by molar-refractivity contribution is 6.30. The van der Waals surface area contributed by atoms with Gasteiger partial charge in [0.15, 0.2) is 5.82 Å². The van der Waals surface area contributed by atoms with Gasteiger partial charge in [0.25, 0.3) is 0 Å². The van der Waals surface area contributed by atoms with Crippen molar-refractivity contribution in [1.82, 2.24) is 14.8 Å². The first-order valence-corrected chi connectivity index (χ1v) is 6.93. The maximum Gasteiger partial charge on any atom is 0.165 e. The summed E-state index contributed by atoms with van der Waals surface area (Å²) in [6.07, 6.45) is 1.53. The van der Waals surface area contributed by atoms with E-state index in [1.807, 2.05) is 37.6 Å². The van der Waals surface area contributed by atoms with Gasteiger partial charge in [0.05, 0.1) is 0 Å². The Bertz CT molecular complexity index is 580. The Balaban J connectivity index is 2.17. The minimum absolute atomic E-state index is 0.147. The second-order valence-electron chi connectivity index (χ2n) is 4.97. The predicted molar refractivity (Wildman–Crippen MR) is 78.8 cm³/mol. The summed E-state index contributed by atoms with van der Waals surface area (Å²) >= 11 is 5.99. The molecule has 0 aliphatic heterocycles. The monoisotopic (exact) mass is 294 g/mol. The van der Waals surface area contributed by atoms with Crippen LogP contribution in [-0.2, 0) is 6.61 Å². The van der Waals surface area contributed by atoms with Crippen molar-refractivity contribution in [3.8, 4) is 5.75 Å². The molecular formula is C14H19ClN4O. The fraction of sp³-hybridized carbons (Fsp3) is 0.429. The van der Waals surface area contributed by atoms with E-state index in [4.69, 9.17) is 22.1 Å². The van der Waals surface area contributed by atoms with Gasteiger partial charge in [-0.15, -0.1) is 0 Å². The highest BCUT2D eigenvalue weighted by atomic mass is 35.5. The van der Waals surface area contributed by atoms with E-state index in [-0.39, 0.29) is 12.1 Å². The fourth-order valence-electron chi connectivity index (χ4n) is 1.96. The molecule has 1 aromatic carbocycles. The molecule has 2 rings (SSSR count). The van der Waals surface area contributed by atoms with Crippen LogP contribution in [0.15, 0.2) is 24.5 Å². The maximum absolute atomic E-state index is 5.99. The molecule has 5 nitrogen and oxygen atoms in total. The molecule has 2 N–H and O–H groups in total. The van der Waals surface area contributed by atoms with E-state index in [1.54, 1.807) is 6.07 Å². The first-order valence-electron chi connectivity index (χ1n) is 6.55. The summed E-state index contributed by atoms with van der Waals surface area (Å²) in [6, 6.07) is 5.54. The molecule has 20 heavy (non-hydrogen) atoms. The van der Waals surface area contributed by atoms with Gasteiger partial charge < -0.3 is 10.5 Å². The van der Waals surface area contributed by atoms with Crippen LogP contribution in [0.2, 0.25) is 5.02 Å². The van der Waals surface area contributed by atoms with Crippen molar-refractivity contribution in [3.05, 3.63) is 40.9 Å². The van der Waals surface area contributed by atoms with Crippen LogP contribution in [0.3, 0.4) is 0 Å². The standard InChI is InChI=1S/C14H19ClN4O/c1-9(2)19-14(17-8-18-19)7-20-13-5-4-11(15)6-12(13)10(3)16/h4-6,8-10H,7,16H2,1-3H3/t10-/m0/s1. The summed E-state index contributed by atoms with van der Waals surface area (Å²) in [5.41, 5.74) is 6.82. The van der Waals surface area contributed by atoms with Gasteiger partial charge in [-0.05, 0) is 39.0 Å². The fourth-order valence-corrected chi connectivity index (χ4v) is 2.14. The van der Waals surface area contributed by atoms with Gasteiger partial charge in [-0.3, -0.25) is 0 Å². The number of aromatic nitrogens is 3. The Morgan fingerprint density at radius 1 is 1.35 bits per heavy atom. The van der Waals surface area contributed by atoms with Crippen LogP contribution in [0.5, 0.6) is 5.75 Å². The van der Waals surface area contributed by atoms with Crippen LogP contribution in [0.4, 0.5) is 0 Å². The smallest absolute Gasteiger partial charge is 0.165 e. The second kappa shape index (κ2) is 6.24. The first-order chi connectivity index (χ1) is 9.49. The van der Waals surface area contributed by atoms with Crippen LogP contribution >= 0.6 is 11.6 Å². The van der Waals surface area contributed by atoms with E-state index in [0.717, 1.165) is 17.1 Å². The van der Waals surface area contributed by atoms with Crippen LogP contribution in [-0.4, -0.2) is 14.8 Å². The molecule has 0 fully saturated rings. The van der Waals surface area contributed by atoms with Crippen molar-refractivity contribution in [1.29, 1.82) is 0 Å². The third-order valence-electron chi connectivity index (χ3n) is 2.96. The summed E-state index contributed by atoms with van der Waals surface area (Å²) in [6.45, 7) is 6.34. The van der Waals surface area contributed by atoms with Crippen LogP contribution < -0.4 is 10.5 Å². The lowest BCUT2D eigenvalue weighted by molar-refractivity contribution is 0.278. The molecule has 0 aliphatic carbocycles. The molecule has 1 aromatic heterocycles. The van der Waals surface area contributed by atoms with Crippen molar-refractivity contribution in [2.75, 3.05) is 0 Å². The second-order valence-corrected chi connectivity index (χ2v) is 5.41. The number of benzene rings is 1. The highest BCUT2D eigenvalue weighted by Crippen LogP contribution is 2.27. The zero-order chi connectivity index (χ0) is 14.7. The third-order valence-corrected chi connectivity index (χ3v) is 3.19. The molecule has 0 aliphatic rings. The molecule has 0 saturated heterocycles. The Morgan fingerprint density at radius 3 is 2.75 bits per heavy atom. The van der Waals surface area contributed by atoms with E-state index >= 15 is 0 Å². The Labute approximate surface area is 123 Å². The van der Waals surface area contributed by atoms with E-state index in [1.165, 1.54) is 6.33 Å². The topological polar surface area (TPSA) is 66.0 Å². The van der Waals surface area contributed by atoms with Crippen molar-refractivity contribution in [3.63, 3.8) is 0 Å². The number of ether oxygens (including phenoxy) is 1. The Kier molecular flexibility index (Phi) is 4.62. The van der Waals surface area contributed by atoms with Gasteiger partial charge in [-0.2, -0.15) is 5.10 Å². The van der Waals surface area contributed by atoms with Crippen molar-refractivity contribution >= 4 is 11.6 Å². The summed E-state index contributed by atoms with van der Waals surface area (Å²) in [4.78, 5) is 4.21. The number of halogens is 1. The van der Waals surface area contributed by atoms with Gasteiger partial charge in [0.2, 0.25) is 0 Å². The van der Waals surface area contributed by atoms with Gasteiger partial charge in [-0.1, -0.05) is 11.6 Å². The first kappa shape index (κ1) is 14.8. The molecule has 6 heteroatoms. The van der Waals surface area contributed by atoms with E-state index in [0.29, 0.717) is 11.6 Å². The minimum Gasteiger partial charge on any atom is -0.485 e. The normalized spacial score (nSPS) is 12.7. The number of hydrogen-bond donors (Lipinski definition) is 1. The molecule has 2 aromatic rings. The molecule has 0 spiro atoms. The van der Waals surface area contributed by atoms with E-state index in [9.17, 15) is 0 Å². The quantitative estimate of drug-likeness (QED) is 0.920. The van der Waals surface area contributed by atoms with Gasteiger partial charge in [0.1, 0.15) is 18.7 Å². The van der Waals surface area contributed by atoms with Gasteiger partial charge in [-0.25, -0.2) is 9.67 Å². The zero-order valence-corrected chi connectivity index (χ0v) is 12.6. The zero-order valence-electron chi connectivity index (χ0n) is 11.9. The molecule has 1 heterocycles. The average molecular weight is 295 g/mol. The molecule has 0 unspecified atom stereocenters. The third kappa shape index (κ3) is 3.29. The summed E-state index contributed by atoms with van der Waals surface area (Å²) < 4.78 is 7.66. The number of nitrogens with two attached hydrogens (primary N) is 1. The lowest BCUT2D eigenvalue weighted by Gasteiger charge is -2.15. The van der Waals surface area contributed by atoms with E-state index in [2.05, 4.69) is 10.1 Å². The lowest BCUT2D eigenvalue weighted by Crippen LogP contribution is -2.12. The van der Waals surface area contributed by atoms with Crippen molar-refractivity contribution < 1.29 is 4.74 Å². The van der Waals surface area contributed by atoms with Gasteiger partial charge in [0, 0.05) is 22.7 Å². The molecule has 0 saturated carbocycles. The Hall–Kier alpha value is -1.59. The Morgan fingerprint density at radius 2 is 2.10 bits per heavy atom. The van der Waals surface area contributed by atoms with Gasteiger partial charge >= 0.3 is 0 Å². The summed E-state index contributed by atoms with van der Waals surface area (Å²) in [7, 11) is 0. The maximum atomic E-state index is 5.99. The van der Waals surface area contributed by atoms with Crippen LogP contribution in [0, 0.1) is 0 Å². The molecule has 1 atom stereocenters. The highest BCUT2D eigenvalue weighted by Gasteiger charge is 2.12. The largest absolute Gasteiger partial charge is 0.485 e. The molecular weight excluding hydrogens is 276 g/mol. The predicted octanol–water partition coefficient (Wildman–Crippen LogP) is 3.11. The molecule has 0 bridgehead atoms. The minimum atomic E-state index is -0.147. The van der Waals surface area contributed by atoms with Crippen molar-refractivity contribution in [2.45, 2.75) is 39.5 Å². The van der Waals surface area contributed by atoms with Crippen molar-refractivity contribution in [2.24, 2.45) is 5.73 Å². The average Bonchev–Trinajstić information content (AvgIpc) is 2.85. The molecule has 0 radical (unpaired) electrons. The summed E-state index contributed by atoms with van der Waals surface area (Å²) in [5.74, 6) is 1.51. The number of hydrogen-bond acceptors (Lipinski definition) is 4. The SMILES string of the molecule is CC(C)n1ncnc1COc1ccc(Cl)cc1[C@H](C)N. The lowest BCUT2D eigenvalue weighted by atomic mass is 10.1. The van der Waals surface area contributed by atoms with Crippen LogP contribution in [0.1, 0.15) is 44.2 Å². The number of rotatable bonds is 5. The molecule has 108 valence electrons. The molecule has 0 amide bonds. The van der Waals surface area contributed by atoms with Crippen LogP contribution in [0.25, 0.3) is 0 Å². The van der Waals surface area contributed by atoms with E-state index < -0.39 is 0 Å². The number of nitrogens with zero attached hydrogens (tertiary/aromatic N) is 3.